The Bertz CT molecular complexity index is 908. The highest BCUT2D eigenvalue weighted by atomic mass is 35.5. The van der Waals surface area contributed by atoms with Crippen LogP contribution < -0.4 is 0 Å². The van der Waals surface area contributed by atoms with E-state index in [1.165, 1.54) is 0 Å². The molecule has 0 saturated heterocycles. The molecule has 1 atom stereocenters. The van der Waals surface area contributed by atoms with E-state index in [1.54, 1.807) is 0 Å². The lowest BCUT2D eigenvalue weighted by molar-refractivity contribution is 0.0267. The van der Waals surface area contributed by atoms with E-state index in [0.717, 1.165) is 27.6 Å². The van der Waals surface area contributed by atoms with Gasteiger partial charge in [0.05, 0.1) is 18.4 Å². The van der Waals surface area contributed by atoms with Crippen LogP contribution in [0, 0.1) is 0 Å². The molecule has 0 aliphatic carbocycles. The molecule has 0 N–H and O–H groups in total. The summed E-state index contributed by atoms with van der Waals surface area (Å²) in [5.74, 6) is 0. The normalized spacial score (nSPS) is 17.3. The molecule has 2 aromatic carbocycles. The molecule has 116 valence electrons. The second kappa shape index (κ2) is 5.91. The summed E-state index contributed by atoms with van der Waals surface area (Å²) >= 11 is 18.5. The first-order valence-electron chi connectivity index (χ1n) is 7.13. The van der Waals surface area contributed by atoms with Crippen molar-refractivity contribution >= 4 is 45.6 Å². The fraction of sp³-hybridized carbons (Fsp3) is 0.176. The van der Waals surface area contributed by atoms with Gasteiger partial charge < -0.3 is 4.74 Å². The summed E-state index contributed by atoms with van der Waals surface area (Å²) in [6.45, 7) is 0.358. The smallest absolute Gasteiger partial charge is 0.224 e. The predicted octanol–water partition coefficient (Wildman–Crippen LogP) is 5.40. The van der Waals surface area contributed by atoms with Gasteiger partial charge >= 0.3 is 0 Å². The summed E-state index contributed by atoms with van der Waals surface area (Å²) in [4.78, 5) is 8.28. The minimum absolute atomic E-state index is 0.145. The van der Waals surface area contributed by atoms with Crippen LogP contribution in [0.15, 0.2) is 36.4 Å². The Kier molecular flexibility index (Phi) is 3.90. The first-order valence-corrected chi connectivity index (χ1v) is 8.26. The molecule has 1 aromatic heterocycles. The van der Waals surface area contributed by atoms with Crippen molar-refractivity contribution in [3.63, 3.8) is 0 Å². The molecule has 0 fully saturated rings. The van der Waals surface area contributed by atoms with Crippen molar-refractivity contribution in [2.75, 3.05) is 0 Å². The lowest BCUT2D eigenvalue weighted by Crippen LogP contribution is -2.18. The van der Waals surface area contributed by atoms with Crippen LogP contribution in [0.3, 0.4) is 0 Å². The molecular weight excluding hydrogens is 355 g/mol. The average Bonchev–Trinajstić information content (AvgIpc) is 2.54. The first-order chi connectivity index (χ1) is 11.1. The fourth-order valence-electron chi connectivity index (χ4n) is 2.99. The van der Waals surface area contributed by atoms with Gasteiger partial charge in [0.1, 0.15) is 5.15 Å². The molecule has 1 unspecified atom stereocenters. The summed E-state index contributed by atoms with van der Waals surface area (Å²) in [6.07, 6.45) is 0.440. The van der Waals surface area contributed by atoms with Gasteiger partial charge in [0.15, 0.2) is 0 Å². The van der Waals surface area contributed by atoms with Crippen LogP contribution in [0.5, 0.6) is 0 Å². The third-order valence-electron chi connectivity index (χ3n) is 4.06. The molecule has 0 amide bonds. The molecule has 0 radical (unpaired) electrons. The largest absolute Gasteiger partial charge is 0.368 e. The van der Waals surface area contributed by atoms with Crippen molar-refractivity contribution in [3.8, 4) is 0 Å². The van der Waals surface area contributed by atoms with Gasteiger partial charge in [-0.25, -0.2) is 9.97 Å². The average molecular weight is 366 g/mol. The minimum atomic E-state index is -0.145. The molecule has 1 aliphatic heterocycles. The summed E-state index contributed by atoms with van der Waals surface area (Å²) in [6, 6.07) is 12.0. The zero-order valence-corrected chi connectivity index (χ0v) is 14.2. The zero-order chi connectivity index (χ0) is 16.0. The maximum atomic E-state index is 6.41. The van der Waals surface area contributed by atoms with Gasteiger partial charge in [-0.3, -0.25) is 0 Å². The molecule has 6 heteroatoms. The van der Waals surface area contributed by atoms with Crippen molar-refractivity contribution in [1.82, 2.24) is 9.97 Å². The maximum absolute atomic E-state index is 6.41. The van der Waals surface area contributed by atoms with E-state index in [9.17, 15) is 0 Å². The van der Waals surface area contributed by atoms with E-state index in [2.05, 4.69) is 9.97 Å². The summed E-state index contributed by atoms with van der Waals surface area (Å²) in [7, 11) is 0. The second-order valence-corrected chi connectivity index (χ2v) is 6.50. The number of rotatable bonds is 1. The highest BCUT2D eigenvalue weighted by Gasteiger charge is 2.26. The van der Waals surface area contributed by atoms with Crippen LogP contribution in [-0.2, 0) is 17.8 Å². The Balaban J connectivity index is 1.81. The van der Waals surface area contributed by atoms with Gasteiger partial charge in [-0.1, -0.05) is 53.5 Å². The van der Waals surface area contributed by atoms with Crippen LogP contribution in [0.2, 0.25) is 15.5 Å². The number of benzene rings is 2. The van der Waals surface area contributed by atoms with Crippen molar-refractivity contribution in [2.45, 2.75) is 19.1 Å². The Hall–Kier alpha value is -1.39. The lowest BCUT2D eigenvalue weighted by Gasteiger charge is -2.26. The van der Waals surface area contributed by atoms with Crippen molar-refractivity contribution < 1.29 is 4.74 Å². The zero-order valence-electron chi connectivity index (χ0n) is 11.9. The van der Waals surface area contributed by atoms with Crippen LogP contribution in [0.4, 0.5) is 0 Å². The Morgan fingerprint density at radius 1 is 1.00 bits per heavy atom. The molecule has 0 spiro atoms. The summed E-state index contributed by atoms with van der Waals surface area (Å²) < 4.78 is 6.01. The van der Waals surface area contributed by atoms with Crippen molar-refractivity contribution in [3.05, 3.63) is 68.7 Å². The SMILES string of the molecule is Clc1nc(Cl)c2c(n1)CC(c1cccc3cccc(Cl)c13)OC2. The predicted molar refractivity (Wildman–Crippen MR) is 92.2 cm³/mol. The Labute approximate surface area is 148 Å². The molecule has 2 heterocycles. The number of aromatic nitrogens is 2. The van der Waals surface area contributed by atoms with Gasteiger partial charge in [0.2, 0.25) is 5.28 Å². The van der Waals surface area contributed by atoms with Crippen LogP contribution in [0.1, 0.15) is 22.9 Å². The quantitative estimate of drug-likeness (QED) is 0.427. The van der Waals surface area contributed by atoms with Crippen molar-refractivity contribution in [1.29, 1.82) is 0 Å². The molecule has 1 aliphatic rings. The van der Waals surface area contributed by atoms with E-state index in [-0.39, 0.29) is 11.4 Å². The maximum Gasteiger partial charge on any atom is 0.224 e. The molecule has 3 aromatic rings. The molecule has 23 heavy (non-hydrogen) atoms. The Morgan fingerprint density at radius 2 is 1.78 bits per heavy atom. The summed E-state index contributed by atoms with van der Waals surface area (Å²) in [5, 5.41) is 3.32. The molecular formula is C17H11Cl3N2O. The van der Waals surface area contributed by atoms with Crippen molar-refractivity contribution in [2.24, 2.45) is 0 Å². The standard InChI is InChI=1S/C17H11Cl3N2O/c18-12-6-2-4-9-3-1-5-10(15(9)12)14-7-13-11(8-23-14)16(19)22-17(20)21-13/h1-6,14H,7-8H2. The Morgan fingerprint density at radius 3 is 2.61 bits per heavy atom. The first kappa shape index (κ1) is 15.2. The number of fused-ring (bicyclic) bond motifs is 2. The van der Waals surface area contributed by atoms with Gasteiger partial charge in [-0.2, -0.15) is 0 Å². The fourth-order valence-corrected chi connectivity index (χ4v) is 3.76. The monoisotopic (exact) mass is 364 g/mol. The molecule has 0 saturated carbocycles. The second-order valence-electron chi connectivity index (χ2n) is 5.40. The van der Waals surface area contributed by atoms with E-state index < -0.39 is 0 Å². The minimum Gasteiger partial charge on any atom is -0.368 e. The van der Waals surface area contributed by atoms with Gasteiger partial charge in [0, 0.05) is 22.4 Å². The number of hydrogen-bond donors (Lipinski definition) is 0. The van der Waals surface area contributed by atoms with E-state index in [1.807, 2.05) is 36.4 Å². The van der Waals surface area contributed by atoms with Crippen LogP contribution in [0.25, 0.3) is 10.8 Å². The highest BCUT2D eigenvalue weighted by molar-refractivity contribution is 6.35. The number of halogens is 3. The van der Waals surface area contributed by atoms with Gasteiger partial charge in [0.25, 0.3) is 0 Å². The van der Waals surface area contributed by atoms with E-state index >= 15 is 0 Å². The van der Waals surface area contributed by atoms with E-state index in [4.69, 9.17) is 39.5 Å². The van der Waals surface area contributed by atoms with Crippen LogP contribution in [-0.4, -0.2) is 9.97 Å². The lowest BCUT2D eigenvalue weighted by atomic mass is 9.95. The van der Waals surface area contributed by atoms with Crippen LogP contribution >= 0.6 is 34.8 Å². The topological polar surface area (TPSA) is 35.0 Å². The van der Waals surface area contributed by atoms with E-state index in [0.29, 0.717) is 23.2 Å². The highest BCUT2D eigenvalue weighted by Crippen LogP contribution is 2.37. The van der Waals surface area contributed by atoms with Gasteiger partial charge in [-0.05, 0) is 28.6 Å². The molecule has 0 bridgehead atoms. The number of ether oxygens (including phenoxy) is 1. The molecule has 3 nitrogen and oxygen atoms in total. The third-order valence-corrected chi connectivity index (χ3v) is 4.85. The number of nitrogens with zero attached hydrogens (tertiary/aromatic N) is 2. The number of hydrogen-bond acceptors (Lipinski definition) is 3. The summed E-state index contributed by atoms with van der Waals surface area (Å²) in [5.41, 5.74) is 2.68. The third kappa shape index (κ3) is 2.68. The van der Waals surface area contributed by atoms with Gasteiger partial charge in [-0.15, -0.1) is 0 Å². The molecule has 4 rings (SSSR count).